The monoisotopic (exact) mass is 325 g/mol. The molecule has 1 aromatic carbocycles. The SMILES string of the molecule is CSC[C@@H](NC(=O)OCc1ccccc1)[C@H]1COC(C)(C)O1. The Bertz CT molecular complexity index is 480. The van der Waals surface area contributed by atoms with Crippen molar-refractivity contribution in [2.45, 2.75) is 38.4 Å². The Morgan fingerprint density at radius 3 is 2.77 bits per heavy atom. The van der Waals surface area contributed by atoms with Gasteiger partial charge < -0.3 is 19.5 Å². The predicted molar refractivity (Wildman–Crippen MR) is 86.8 cm³/mol. The summed E-state index contributed by atoms with van der Waals surface area (Å²) in [5.41, 5.74) is 0.959. The second-order valence-corrected chi connectivity index (χ2v) is 6.55. The number of hydrogen-bond donors (Lipinski definition) is 1. The molecule has 0 unspecified atom stereocenters. The van der Waals surface area contributed by atoms with Crippen LogP contribution in [0.3, 0.4) is 0 Å². The third kappa shape index (κ3) is 5.19. The van der Waals surface area contributed by atoms with E-state index in [2.05, 4.69) is 5.32 Å². The Morgan fingerprint density at radius 1 is 1.45 bits per heavy atom. The minimum absolute atomic E-state index is 0.139. The van der Waals surface area contributed by atoms with Crippen molar-refractivity contribution >= 4 is 17.9 Å². The molecule has 6 heteroatoms. The highest BCUT2D eigenvalue weighted by atomic mass is 32.2. The van der Waals surface area contributed by atoms with Crippen molar-refractivity contribution in [1.29, 1.82) is 0 Å². The first-order chi connectivity index (χ1) is 10.5. The van der Waals surface area contributed by atoms with Crippen molar-refractivity contribution < 1.29 is 19.0 Å². The van der Waals surface area contributed by atoms with Gasteiger partial charge in [0.15, 0.2) is 5.79 Å². The second kappa shape index (κ2) is 7.85. The van der Waals surface area contributed by atoms with Crippen LogP contribution in [0.15, 0.2) is 30.3 Å². The first kappa shape index (κ1) is 17.1. The molecule has 1 fully saturated rings. The Hall–Kier alpha value is -1.24. The van der Waals surface area contributed by atoms with Crippen LogP contribution < -0.4 is 5.32 Å². The lowest BCUT2D eigenvalue weighted by molar-refractivity contribution is -0.140. The molecule has 2 rings (SSSR count). The summed E-state index contributed by atoms with van der Waals surface area (Å²) in [7, 11) is 0. The summed E-state index contributed by atoms with van der Waals surface area (Å²) in [6.45, 7) is 4.47. The molecule has 1 aliphatic rings. The zero-order valence-corrected chi connectivity index (χ0v) is 14.0. The molecule has 0 spiro atoms. The van der Waals surface area contributed by atoms with E-state index in [-0.39, 0.29) is 18.8 Å². The number of carbonyl (C=O) groups is 1. The van der Waals surface area contributed by atoms with Gasteiger partial charge in [0.2, 0.25) is 0 Å². The van der Waals surface area contributed by atoms with E-state index < -0.39 is 11.9 Å². The highest BCUT2D eigenvalue weighted by Gasteiger charge is 2.38. The molecule has 122 valence electrons. The molecule has 2 atom stereocenters. The molecule has 1 aliphatic heterocycles. The van der Waals surface area contributed by atoms with E-state index >= 15 is 0 Å². The minimum atomic E-state index is -0.600. The fraction of sp³-hybridized carbons (Fsp3) is 0.562. The Labute approximate surface area is 135 Å². The topological polar surface area (TPSA) is 56.8 Å². The lowest BCUT2D eigenvalue weighted by atomic mass is 10.2. The summed E-state index contributed by atoms with van der Waals surface area (Å²) in [6, 6.07) is 9.46. The van der Waals surface area contributed by atoms with Gasteiger partial charge in [0.25, 0.3) is 0 Å². The maximum Gasteiger partial charge on any atom is 0.407 e. The number of alkyl carbamates (subject to hydrolysis) is 1. The van der Waals surface area contributed by atoms with Crippen molar-refractivity contribution in [2.75, 3.05) is 18.6 Å². The first-order valence-electron chi connectivity index (χ1n) is 7.28. The number of carbonyl (C=O) groups excluding carboxylic acids is 1. The van der Waals surface area contributed by atoms with Gasteiger partial charge >= 0.3 is 6.09 Å². The van der Waals surface area contributed by atoms with Crippen LogP contribution in [0.2, 0.25) is 0 Å². The number of amides is 1. The van der Waals surface area contributed by atoms with Crippen LogP contribution in [0.1, 0.15) is 19.4 Å². The van der Waals surface area contributed by atoms with Gasteiger partial charge in [0.05, 0.1) is 12.6 Å². The normalized spacial score (nSPS) is 21.3. The molecule has 0 aliphatic carbocycles. The molecular formula is C16H23NO4S. The van der Waals surface area contributed by atoms with Crippen molar-refractivity contribution in [2.24, 2.45) is 0 Å². The highest BCUT2D eigenvalue weighted by molar-refractivity contribution is 7.98. The second-order valence-electron chi connectivity index (χ2n) is 5.64. The molecular weight excluding hydrogens is 302 g/mol. The Balaban J connectivity index is 1.84. The van der Waals surface area contributed by atoms with Gasteiger partial charge in [-0.25, -0.2) is 4.79 Å². The molecule has 0 aromatic heterocycles. The van der Waals surface area contributed by atoms with Crippen LogP contribution in [-0.4, -0.2) is 42.6 Å². The van der Waals surface area contributed by atoms with Crippen molar-refractivity contribution in [3.63, 3.8) is 0 Å². The maximum atomic E-state index is 12.0. The third-order valence-electron chi connectivity index (χ3n) is 3.34. The molecule has 1 N–H and O–H groups in total. The number of hydrogen-bond acceptors (Lipinski definition) is 5. The van der Waals surface area contributed by atoms with Crippen LogP contribution in [0.4, 0.5) is 4.79 Å². The zero-order valence-electron chi connectivity index (χ0n) is 13.2. The standard InChI is InChI=1S/C16H23NO4S/c1-16(2)20-10-14(21-16)13(11-22-3)17-15(18)19-9-12-7-5-4-6-8-12/h4-8,13-14H,9-11H2,1-3H3,(H,17,18)/t13-,14-/m1/s1. The number of benzene rings is 1. The van der Waals surface area contributed by atoms with Crippen LogP contribution in [0.25, 0.3) is 0 Å². The number of rotatable bonds is 6. The van der Waals surface area contributed by atoms with Crippen LogP contribution in [-0.2, 0) is 20.8 Å². The lowest BCUT2D eigenvalue weighted by Crippen LogP contribution is -2.46. The van der Waals surface area contributed by atoms with Gasteiger partial charge in [0, 0.05) is 5.75 Å². The number of nitrogens with one attached hydrogen (secondary N) is 1. The smallest absolute Gasteiger partial charge is 0.407 e. The third-order valence-corrected chi connectivity index (χ3v) is 4.03. The summed E-state index contributed by atoms with van der Waals surface area (Å²) in [6.07, 6.45) is 1.40. The minimum Gasteiger partial charge on any atom is -0.445 e. The van der Waals surface area contributed by atoms with Gasteiger partial charge in [-0.15, -0.1) is 0 Å². The van der Waals surface area contributed by atoms with Crippen molar-refractivity contribution in [3.05, 3.63) is 35.9 Å². The van der Waals surface area contributed by atoms with E-state index in [9.17, 15) is 4.79 Å². The summed E-state index contributed by atoms with van der Waals surface area (Å²) < 4.78 is 16.6. The van der Waals surface area contributed by atoms with E-state index in [1.807, 2.05) is 50.4 Å². The van der Waals surface area contributed by atoms with E-state index in [4.69, 9.17) is 14.2 Å². The predicted octanol–water partition coefficient (Wildman–Crippen LogP) is 2.80. The number of thioether (sulfide) groups is 1. The van der Waals surface area contributed by atoms with E-state index in [1.165, 1.54) is 0 Å². The van der Waals surface area contributed by atoms with E-state index in [0.717, 1.165) is 11.3 Å². The molecule has 0 saturated carbocycles. The van der Waals surface area contributed by atoms with Crippen LogP contribution in [0, 0.1) is 0 Å². The summed E-state index contributed by atoms with van der Waals surface area (Å²) in [5.74, 6) is 0.140. The largest absolute Gasteiger partial charge is 0.445 e. The molecule has 22 heavy (non-hydrogen) atoms. The average Bonchev–Trinajstić information content (AvgIpc) is 2.86. The molecule has 1 saturated heterocycles. The van der Waals surface area contributed by atoms with Gasteiger partial charge in [-0.1, -0.05) is 30.3 Å². The lowest BCUT2D eigenvalue weighted by Gasteiger charge is -2.24. The van der Waals surface area contributed by atoms with Crippen molar-refractivity contribution in [3.8, 4) is 0 Å². The van der Waals surface area contributed by atoms with E-state index in [1.54, 1.807) is 11.8 Å². The fourth-order valence-electron chi connectivity index (χ4n) is 2.25. The van der Waals surface area contributed by atoms with Gasteiger partial charge in [-0.3, -0.25) is 0 Å². The van der Waals surface area contributed by atoms with Gasteiger partial charge in [0.1, 0.15) is 12.7 Å². The molecule has 1 aromatic rings. The average molecular weight is 325 g/mol. The molecule has 0 bridgehead atoms. The quantitative estimate of drug-likeness (QED) is 0.871. The van der Waals surface area contributed by atoms with Gasteiger partial charge in [-0.05, 0) is 25.7 Å². The molecule has 1 amide bonds. The summed E-state index contributed by atoms with van der Waals surface area (Å²) in [4.78, 5) is 12.0. The summed E-state index contributed by atoms with van der Waals surface area (Å²) in [5, 5.41) is 2.88. The highest BCUT2D eigenvalue weighted by Crippen LogP contribution is 2.25. The Kier molecular flexibility index (Phi) is 6.11. The Morgan fingerprint density at radius 2 is 2.18 bits per heavy atom. The first-order valence-corrected chi connectivity index (χ1v) is 8.67. The van der Waals surface area contributed by atoms with Gasteiger partial charge in [-0.2, -0.15) is 11.8 Å². The van der Waals surface area contributed by atoms with E-state index in [0.29, 0.717) is 6.61 Å². The van der Waals surface area contributed by atoms with Crippen LogP contribution >= 0.6 is 11.8 Å². The van der Waals surface area contributed by atoms with Crippen LogP contribution in [0.5, 0.6) is 0 Å². The fourth-order valence-corrected chi connectivity index (χ4v) is 2.91. The maximum absolute atomic E-state index is 12.0. The number of ether oxygens (including phenoxy) is 3. The molecule has 1 heterocycles. The summed E-state index contributed by atoms with van der Waals surface area (Å²) >= 11 is 1.65. The zero-order chi connectivity index (χ0) is 16.0. The molecule has 5 nitrogen and oxygen atoms in total. The molecule has 0 radical (unpaired) electrons. The van der Waals surface area contributed by atoms with Crippen molar-refractivity contribution in [1.82, 2.24) is 5.32 Å².